The molecule has 1 aliphatic carbocycles. The van der Waals surface area contributed by atoms with Gasteiger partial charge < -0.3 is 8.92 Å². The highest BCUT2D eigenvalue weighted by Gasteiger charge is 2.48. The van der Waals surface area contributed by atoms with Crippen LogP contribution in [0.2, 0.25) is 0 Å². The second kappa shape index (κ2) is 9.80. The number of halogens is 3. The third-order valence-corrected chi connectivity index (χ3v) is 4.90. The first-order valence-electron chi connectivity index (χ1n) is 8.19. The number of benzene rings is 1. The van der Waals surface area contributed by atoms with Gasteiger partial charge in [0.05, 0.1) is 7.11 Å². The van der Waals surface area contributed by atoms with Crippen LogP contribution >= 0.6 is 0 Å². The Morgan fingerprint density at radius 1 is 1.12 bits per heavy atom. The first-order chi connectivity index (χ1) is 12.0. The summed E-state index contributed by atoms with van der Waals surface area (Å²) >= 11 is 0. The van der Waals surface area contributed by atoms with Gasteiger partial charge in [-0.25, -0.2) is 0 Å². The van der Waals surface area contributed by atoms with Gasteiger partial charge in [-0.3, -0.25) is 4.79 Å². The number of methoxy groups -OCH3 is 1. The molecule has 0 N–H and O–H groups in total. The summed E-state index contributed by atoms with van der Waals surface area (Å²) in [5, 5.41) is 0. The number of aryl methyl sites for hydroxylation is 1. The molecule has 0 radical (unpaired) electrons. The van der Waals surface area contributed by atoms with Crippen LogP contribution < -0.4 is 4.18 Å². The normalized spacial score (nSPS) is 15.6. The molecule has 0 bridgehead atoms. The molecule has 1 fully saturated rings. The van der Waals surface area contributed by atoms with Crippen LogP contribution in [-0.2, 0) is 19.6 Å². The zero-order valence-corrected chi connectivity index (χ0v) is 15.5. The molecule has 0 saturated heterocycles. The van der Waals surface area contributed by atoms with Crippen LogP contribution in [0.1, 0.15) is 44.1 Å². The fraction of sp³-hybridized carbons (Fsp3) is 0.588. The summed E-state index contributed by atoms with van der Waals surface area (Å²) in [5.41, 5.74) is -4.62. The van der Waals surface area contributed by atoms with Gasteiger partial charge in [-0.1, -0.05) is 37.0 Å². The topological polar surface area (TPSA) is 69.7 Å². The lowest BCUT2D eigenvalue weighted by Gasteiger charge is -2.19. The zero-order chi connectivity index (χ0) is 19.8. The smallest absolute Gasteiger partial charge is 0.469 e. The minimum atomic E-state index is -5.56. The summed E-state index contributed by atoms with van der Waals surface area (Å²) < 4.78 is 65.3. The zero-order valence-electron chi connectivity index (χ0n) is 14.7. The number of ether oxygens (including phenoxy) is 1. The van der Waals surface area contributed by atoms with E-state index in [0.29, 0.717) is 12.3 Å². The van der Waals surface area contributed by atoms with Crippen molar-refractivity contribution in [3.05, 3.63) is 29.8 Å². The van der Waals surface area contributed by atoms with Crippen LogP contribution in [-0.4, -0.2) is 27.0 Å². The Hall–Kier alpha value is -1.77. The van der Waals surface area contributed by atoms with Crippen LogP contribution in [0.5, 0.6) is 5.75 Å². The molecule has 26 heavy (non-hydrogen) atoms. The van der Waals surface area contributed by atoms with Gasteiger partial charge in [-0.15, -0.1) is 0 Å². The molecule has 2 rings (SSSR count). The lowest BCUT2D eigenvalue weighted by molar-refractivity contribution is -0.141. The third kappa shape index (κ3) is 7.63. The highest BCUT2D eigenvalue weighted by Crippen LogP contribution is 2.27. The van der Waals surface area contributed by atoms with Gasteiger partial charge in [0.1, 0.15) is 5.75 Å². The molecule has 0 spiro atoms. The maximum Gasteiger partial charge on any atom is 0.534 e. The molecule has 148 valence electrons. The Balaban J connectivity index is 0.000000273. The van der Waals surface area contributed by atoms with E-state index >= 15 is 0 Å². The average Bonchev–Trinajstić information content (AvgIpc) is 2.57. The van der Waals surface area contributed by atoms with E-state index in [1.807, 2.05) is 0 Å². The highest BCUT2D eigenvalue weighted by molar-refractivity contribution is 7.88. The Morgan fingerprint density at radius 3 is 2.12 bits per heavy atom. The molecule has 0 aliphatic heterocycles. The second-order valence-electron chi connectivity index (χ2n) is 6.08. The third-order valence-electron chi connectivity index (χ3n) is 3.92. The van der Waals surface area contributed by atoms with Gasteiger partial charge in [-0.05, 0) is 37.8 Å². The van der Waals surface area contributed by atoms with E-state index in [-0.39, 0.29) is 11.7 Å². The van der Waals surface area contributed by atoms with E-state index in [1.54, 1.807) is 6.92 Å². The lowest BCUT2D eigenvalue weighted by atomic mass is 9.87. The molecule has 0 unspecified atom stereocenters. The van der Waals surface area contributed by atoms with Crippen molar-refractivity contribution in [2.24, 2.45) is 5.92 Å². The van der Waals surface area contributed by atoms with Gasteiger partial charge in [0.25, 0.3) is 0 Å². The van der Waals surface area contributed by atoms with Crippen LogP contribution in [0.15, 0.2) is 24.3 Å². The van der Waals surface area contributed by atoms with Crippen molar-refractivity contribution in [1.29, 1.82) is 0 Å². The Bertz CT molecular complexity index is 663. The number of hydrogen-bond donors (Lipinski definition) is 0. The highest BCUT2D eigenvalue weighted by atomic mass is 32.2. The summed E-state index contributed by atoms with van der Waals surface area (Å²) in [6, 6.07) is 5.19. The average molecular weight is 396 g/mol. The molecule has 0 aromatic heterocycles. The fourth-order valence-electron chi connectivity index (χ4n) is 2.48. The van der Waals surface area contributed by atoms with Crippen molar-refractivity contribution in [2.75, 3.05) is 7.11 Å². The van der Waals surface area contributed by atoms with E-state index in [4.69, 9.17) is 0 Å². The number of carbonyl (C=O) groups is 1. The van der Waals surface area contributed by atoms with E-state index in [0.717, 1.165) is 17.7 Å². The second-order valence-corrected chi connectivity index (χ2v) is 7.62. The van der Waals surface area contributed by atoms with E-state index in [1.165, 1.54) is 51.3 Å². The quantitative estimate of drug-likeness (QED) is 0.430. The maximum atomic E-state index is 11.9. The predicted molar refractivity (Wildman–Crippen MR) is 90.0 cm³/mol. The first kappa shape index (κ1) is 22.3. The molecule has 0 amide bonds. The molecule has 1 aliphatic rings. The van der Waals surface area contributed by atoms with Crippen LogP contribution in [0.4, 0.5) is 13.2 Å². The van der Waals surface area contributed by atoms with Crippen molar-refractivity contribution in [3.63, 3.8) is 0 Å². The van der Waals surface area contributed by atoms with Gasteiger partial charge in [0.2, 0.25) is 0 Å². The van der Waals surface area contributed by atoms with Gasteiger partial charge in [0.15, 0.2) is 0 Å². The lowest BCUT2D eigenvalue weighted by Crippen LogP contribution is -2.28. The largest absolute Gasteiger partial charge is 0.534 e. The van der Waals surface area contributed by atoms with Gasteiger partial charge >= 0.3 is 21.6 Å². The Labute approximate surface area is 151 Å². The summed E-state index contributed by atoms with van der Waals surface area (Å²) in [6.07, 6.45) is 7.00. The molecule has 5 nitrogen and oxygen atoms in total. The maximum absolute atomic E-state index is 11.9. The van der Waals surface area contributed by atoms with Crippen LogP contribution in [0.25, 0.3) is 0 Å². The fourth-order valence-corrected chi connectivity index (χ4v) is 2.94. The number of hydrogen-bond acceptors (Lipinski definition) is 5. The van der Waals surface area contributed by atoms with E-state index < -0.39 is 15.6 Å². The predicted octanol–water partition coefficient (Wildman–Crippen LogP) is 4.35. The number of alkyl halides is 3. The minimum Gasteiger partial charge on any atom is -0.469 e. The minimum absolute atomic E-state index is 0.0445. The number of esters is 1. The van der Waals surface area contributed by atoms with Crippen molar-refractivity contribution in [2.45, 2.75) is 51.0 Å². The SMILES string of the molecule is COC(=O)CC1CCCCC1.Cc1ccc(OS(=O)(=O)C(F)(F)F)cc1. The molecule has 1 saturated carbocycles. The monoisotopic (exact) mass is 396 g/mol. The Kier molecular flexibility index (Phi) is 8.39. The van der Waals surface area contributed by atoms with Crippen LogP contribution in [0.3, 0.4) is 0 Å². The molecule has 1 aromatic rings. The van der Waals surface area contributed by atoms with Gasteiger partial charge in [-0.2, -0.15) is 21.6 Å². The summed E-state index contributed by atoms with van der Waals surface area (Å²) in [4.78, 5) is 10.9. The Morgan fingerprint density at radius 2 is 1.65 bits per heavy atom. The molecule has 1 aromatic carbocycles. The molecule has 9 heteroatoms. The van der Waals surface area contributed by atoms with Crippen molar-refractivity contribution >= 4 is 16.1 Å². The molecular weight excluding hydrogens is 373 g/mol. The summed E-state index contributed by atoms with van der Waals surface area (Å²) in [5.74, 6) is 0.200. The van der Waals surface area contributed by atoms with Crippen molar-refractivity contribution in [3.8, 4) is 5.75 Å². The van der Waals surface area contributed by atoms with Crippen molar-refractivity contribution in [1.82, 2.24) is 0 Å². The summed E-state index contributed by atoms with van der Waals surface area (Å²) in [6.45, 7) is 1.71. The first-order valence-corrected chi connectivity index (χ1v) is 9.60. The van der Waals surface area contributed by atoms with Crippen molar-refractivity contribution < 1.29 is 35.3 Å². The van der Waals surface area contributed by atoms with E-state index in [2.05, 4.69) is 8.92 Å². The summed E-state index contributed by atoms with van der Waals surface area (Å²) in [7, 11) is -4.10. The van der Waals surface area contributed by atoms with Crippen LogP contribution in [0, 0.1) is 12.8 Å². The van der Waals surface area contributed by atoms with Gasteiger partial charge in [0, 0.05) is 6.42 Å². The molecule has 0 heterocycles. The van der Waals surface area contributed by atoms with E-state index in [9.17, 15) is 26.4 Å². The number of rotatable bonds is 4. The molecular formula is C17H23F3O5S. The number of carbonyl (C=O) groups excluding carboxylic acids is 1. The molecule has 0 atom stereocenters. The standard InChI is InChI=1S/C9H16O2.C8H7F3O3S/c1-11-9(10)7-8-5-3-2-4-6-8;1-6-2-4-7(5-3-6)14-15(12,13)8(9,10)11/h8H,2-7H2,1H3;2-5H,1H3.